The second-order valence-corrected chi connectivity index (χ2v) is 4.13. The summed E-state index contributed by atoms with van der Waals surface area (Å²) in [6.45, 7) is 2.85. The van der Waals surface area contributed by atoms with Crippen molar-refractivity contribution in [3.8, 4) is 0 Å². The van der Waals surface area contributed by atoms with Crippen LogP contribution in [0.15, 0.2) is 12.1 Å². The number of aryl methyl sites for hydroxylation is 1. The molecule has 0 aliphatic heterocycles. The molecule has 1 heterocycles. The summed E-state index contributed by atoms with van der Waals surface area (Å²) in [7, 11) is 0. The summed E-state index contributed by atoms with van der Waals surface area (Å²) >= 11 is 0. The van der Waals surface area contributed by atoms with Gasteiger partial charge in [-0.05, 0) is 19.4 Å². The SMILES string of the molecule is CCC(CO)(CO)Nc1ccc([N+](=O)[O-])c(C)n1. The lowest BCUT2D eigenvalue weighted by molar-refractivity contribution is -0.385. The number of nitrogens with zero attached hydrogens (tertiary/aromatic N) is 2. The van der Waals surface area contributed by atoms with Crippen molar-refractivity contribution in [1.29, 1.82) is 0 Å². The predicted octanol–water partition coefficient (Wildman–Crippen LogP) is 0.844. The summed E-state index contributed by atoms with van der Waals surface area (Å²) in [4.78, 5) is 14.2. The average Bonchev–Trinajstić information content (AvgIpc) is 2.36. The number of nitrogens with one attached hydrogen (secondary N) is 1. The molecular formula is C11H17N3O4. The number of anilines is 1. The van der Waals surface area contributed by atoms with Crippen LogP contribution in [0.5, 0.6) is 0 Å². The summed E-state index contributed by atoms with van der Waals surface area (Å²) in [5.74, 6) is 0.392. The molecule has 0 radical (unpaired) electrons. The molecule has 18 heavy (non-hydrogen) atoms. The van der Waals surface area contributed by atoms with Gasteiger partial charge in [-0.25, -0.2) is 4.98 Å². The lowest BCUT2D eigenvalue weighted by Gasteiger charge is -2.30. The maximum atomic E-state index is 10.7. The first-order valence-electron chi connectivity index (χ1n) is 5.60. The molecule has 0 saturated carbocycles. The monoisotopic (exact) mass is 255 g/mol. The summed E-state index contributed by atoms with van der Waals surface area (Å²) in [6, 6.07) is 2.81. The van der Waals surface area contributed by atoms with Crippen molar-refractivity contribution in [3.05, 3.63) is 27.9 Å². The molecule has 0 amide bonds. The lowest BCUT2D eigenvalue weighted by atomic mass is 9.98. The van der Waals surface area contributed by atoms with Crippen LogP contribution in [0.4, 0.5) is 11.5 Å². The van der Waals surface area contributed by atoms with Crippen LogP contribution in [-0.4, -0.2) is 38.9 Å². The Morgan fingerprint density at radius 1 is 1.44 bits per heavy atom. The van der Waals surface area contributed by atoms with E-state index in [-0.39, 0.29) is 24.6 Å². The van der Waals surface area contributed by atoms with Crippen LogP contribution in [0.1, 0.15) is 19.0 Å². The molecule has 1 aromatic heterocycles. The Morgan fingerprint density at radius 3 is 2.44 bits per heavy atom. The second-order valence-electron chi connectivity index (χ2n) is 4.13. The van der Waals surface area contributed by atoms with Gasteiger partial charge in [0, 0.05) is 6.07 Å². The minimum absolute atomic E-state index is 0.0596. The minimum Gasteiger partial charge on any atom is -0.394 e. The van der Waals surface area contributed by atoms with Crippen molar-refractivity contribution < 1.29 is 15.1 Å². The molecule has 7 nitrogen and oxygen atoms in total. The highest BCUT2D eigenvalue weighted by atomic mass is 16.6. The van der Waals surface area contributed by atoms with Crippen LogP contribution in [0.3, 0.4) is 0 Å². The van der Waals surface area contributed by atoms with Crippen LogP contribution in [0, 0.1) is 17.0 Å². The standard InChI is InChI=1S/C11H17N3O4/c1-3-11(6-15,7-16)13-10-5-4-9(14(17)18)8(2)12-10/h4-5,15-16H,3,6-7H2,1-2H3,(H,12,13). The molecule has 3 N–H and O–H groups in total. The van der Waals surface area contributed by atoms with Gasteiger partial charge in [0.25, 0.3) is 5.69 Å². The molecule has 100 valence electrons. The van der Waals surface area contributed by atoms with E-state index in [2.05, 4.69) is 10.3 Å². The quantitative estimate of drug-likeness (QED) is 0.513. The Balaban J connectivity index is 2.98. The van der Waals surface area contributed by atoms with Crippen LogP contribution >= 0.6 is 0 Å². The molecule has 0 aliphatic rings. The fraction of sp³-hybridized carbons (Fsp3) is 0.545. The largest absolute Gasteiger partial charge is 0.394 e. The molecule has 1 rings (SSSR count). The van der Waals surface area contributed by atoms with Gasteiger partial charge in [0.2, 0.25) is 0 Å². The smallest absolute Gasteiger partial charge is 0.290 e. The fourth-order valence-corrected chi connectivity index (χ4v) is 1.53. The van der Waals surface area contributed by atoms with Crippen molar-refractivity contribution in [3.63, 3.8) is 0 Å². The first-order chi connectivity index (χ1) is 8.48. The van der Waals surface area contributed by atoms with Gasteiger partial charge >= 0.3 is 0 Å². The highest BCUT2D eigenvalue weighted by molar-refractivity contribution is 5.46. The topological polar surface area (TPSA) is 109 Å². The number of hydrogen-bond acceptors (Lipinski definition) is 6. The van der Waals surface area contributed by atoms with E-state index in [1.54, 1.807) is 0 Å². The summed E-state index contributed by atoms with van der Waals surface area (Å²) < 4.78 is 0. The molecule has 0 aliphatic carbocycles. The third-order valence-corrected chi connectivity index (χ3v) is 2.93. The molecule has 0 fully saturated rings. The van der Waals surface area contributed by atoms with Gasteiger partial charge in [0.05, 0.1) is 23.7 Å². The van der Waals surface area contributed by atoms with Crippen LogP contribution < -0.4 is 5.32 Å². The Bertz CT molecular complexity index is 424. The Kier molecular flexibility index (Phi) is 4.57. The van der Waals surface area contributed by atoms with Gasteiger partial charge < -0.3 is 15.5 Å². The van der Waals surface area contributed by atoms with Gasteiger partial charge in [0.1, 0.15) is 11.5 Å². The van der Waals surface area contributed by atoms with E-state index >= 15 is 0 Å². The zero-order valence-electron chi connectivity index (χ0n) is 10.4. The van der Waals surface area contributed by atoms with E-state index in [0.717, 1.165) is 0 Å². The van der Waals surface area contributed by atoms with Gasteiger partial charge in [-0.3, -0.25) is 10.1 Å². The molecule has 0 spiro atoms. The maximum absolute atomic E-state index is 10.7. The molecule has 0 unspecified atom stereocenters. The van der Waals surface area contributed by atoms with Crippen LogP contribution in [0.2, 0.25) is 0 Å². The molecule has 0 atom stereocenters. The average molecular weight is 255 g/mol. The van der Waals surface area contributed by atoms with E-state index in [1.807, 2.05) is 6.92 Å². The third kappa shape index (κ3) is 2.93. The molecule has 1 aromatic rings. The van der Waals surface area contributed by atoms with Crippen molar-refractivity contribution in [2.24, 2.45) is 0 Å². The highest BCUT2D eigenvalue weighted by Crippen LogP contribution is 2.21. The van der Waals surface area contributed by atoms with E-state index < -0.39 is 10.5 Å². The van der Waals surface area contributed by atoms with Gasteiger partial charge in [0.15, 0.2) is 0 Å². The molecule has 7 heteroatoms. The van der Waals surface area contributed by atoms with Crippen LogP contribution in [0.25, 0.3) is 0 Å². The highest BCUT2D eigenvalue weighted by Gasteiger charge is 2.27. The predicted molar refractivity (Wildman–Crippen MR) is 66.4 cm³/mol. The summed E-state index contributed by atoms with van der Waals surface area (Å²) in [5.41, 5.74) is -0.642. The van der Waals surface area contributed by atoms with E-state index in [0.29, 0.717) is 12.2 Å². The van der Waals surface area contributed by atoms with Gasteiger partial charge in [-0.15, -0.1) is 0 Å². The number of aliphatic hydroxyl groups is 2. The number of rotatable bonds is 6. The molecule has 0 bridgehead atoms. The van der Waals surface area contributed by atoms with E-state index in [1.165, 1.54) is 19.1 Å². The summed E-state index contributed by atoms with van der Waals surface area (Å²) in [6.07, 6.45) is 0.498. The molecular weight excluding hydrogens is 238 g/mol. The number of hydrogen-bond donors (Lipinski definition) is 3. The third-order valence-electron chi connectivity index (χ3n) is 2.93. The van der Waals surface area contributed by atoms with Crippen molar-refractivity contribution in [2.75, 3.05) is 18.5 Å². The Hall–Kier alpha value is -1.73. The number of pyridine rings is 1. The first kappa shape index (κ1) is 14.3. The van der Waals surface area contributed by atoms with Crippen molar-refractivity contribution in [1.82, 2.24) is 4.98 Å². The molecule has 0 aromatic carbocycles. The fourth-order valence-electron chi connectivity index (χ4n) is 1.53. The normalized spacial score (nSPS) is 11.3. The number of aliphatic hydroxyl groups excluding tert-OH is 2. The van der Waals surface area contributed by atoms with Crippen molar-refractivity contribution in [2.45, 2.75) is 25.8 Å². The summed E-state index contributed by atoms with van der Waals surface area (Å²) in [5, 5.41) is 32.1. The lowest BCUT2D eigenvalue weighted by Crippen LogP contribution is -2.45. The van der Waals surface area contributed by atoms with Gasteiger partial charge in [-0.1, -0.05) is 6.92 Å². The van der Waals surface area contributed by atoms with Crippen molar-refractivity contribution >= 4 is 11.5 Å². The maximum Gasteiger partial charge on any atom is 0.290 e. The number of nitro groups is 1. The minimum atomic E-state index is -0.866. The Labute approximate surface area is 105 Å². The zero-order valence-corrected chi connectivity index (χ0v) is 10.4. The van der Waals surface area contributed by atoms with Gasteiger partial charge in [-0.2, -0.15) is 0 Å². The van der Waals surface area contributed by atoms with E-state index in [9.17, 15) is 20.3 Å². The zero-order chi connectivity index (χ0) is 13.8. The second kappa shape index (κ2) is 5.74. The molecule has 0 saturated heterocycles. The van der Waals surface area contributed by atoms with Crippen LogP contribution in [-0.2, 0) is 0 Å². The Morgan fingerprint density at radius 2 is 2.06 bits per heavy atom. The first-order valence-corrected chi connectivity index (χ1v) is 5.60. The number of aromatic nitrogens is 1. The van der Waals surface area contributed by atoms with E-state index in [4.69, 9.17) is 0 Å².